The van der Waals surface area contributed by atoms with Crippen LogP contribution in [0.25, 0.3) is 11.1 Å². The molecule has 0 saturated heterocycles. The van der Waals surface area contributed by atoms with Gasteiger partial charge in [0, 0.05) is 24.7 Å². The van der Waals surface area contributed by atoms with Crippen molar-refractivity contribution < 1.29 is 13.7 Å². The smallest absolute Gasteiger partial charge is 0.231 e. The highest BCUT2D eigenvalue weighted by Crippen LogP contribution is 2.29. The maximum atomic E-state index is 14.6. The molecule has 1 heterocycles. The Bertz CT molecular complexity index is 941. The molecule has 0 bridgehead atoms. The van der Waals surface area contributed by atoms with E-state index in [1.807, 2.05) is 43.3 Å². The highest BCUT2D eigenvalue weighted by Gasteiger charge is 2.16. The second-order valence-electron chi connectivity index (χ2n) is 6.33. The van der Waals surface area contributed by atoms with E-state index in [0.29, 0.717) is 30.3 Å². The average Bonchev–Trinajstić information content (AvgIpc) is 3.16. The Hall–Kier alpha value is -3.19. The number of anilines is 1. The number of hydrogen-bond acceptors (Lipinski definition) is 4. The van der Waals surface area contributed by atoms with Gasteiger partial charge in [-0.1, -0.05) is 54.5 Å². The zero-order chi connectivity index (χ0) is 19.9. The van der Waals surface area contributed by atoms with Crippen LogP contribution in [0.1, 0.15) is 24.1 Å². The first-order chi connectivity index (χ1) is 13.6. The summed E-state index contributed by atoms with van der Waals surface area (Å²) in [6.45, 7) is 2.86. The number of ether oxygens (including phenoxy) is 1. The van der Waals surface area contributed by atoms with Gasteiger partial charge in [-0.25, -0.2) is 4.39 Å². The van der Waals surface area contributed by atoms with Gasteiger partial charge >= 0.3 is 0 Å². The lowest BCUT2D eigenvalue weighted by Gasteiger charge is -2.11. The lowest BCUT2D eigenvalue weighted by Crippen LogP contribution is -2.23. The molecule has 3 aromatic rings. The van der Waals surface area contributed by atoms with E-state index >= 15 is 0 Å². The van der Waals surface area contributed by atoms with E-state index in [4.69, 9.17) is 15.0 Å². The quantitative estimate of drug-likeness (QED) is 0.366. The Kier molecular flexibility index (Phi) is 6.39. The molecular weight excluding hydrogens is 359 g/mol. The van der Waals surface area contributed by atoms with Crippen molar-refractivity contribution in [3.63, 3.8) is 0 Å². The van der Waals surface area contributed by atoms with Crippen molar-refractivity contribution in [2.24, 2.45) is 10.7 Å². The van der Waals surface area contributed by atoms with E-state index in [1.165, 1.54) is 6.07 Å². The number of benzene rings is 2. The summed E-state index contributed by atoms with van der Waals surface area (Å²) in [4.78, 5) is 4.09. The fourth-order valence-electron chi connectivity index (χ4n) is 2.80. The number of guanidine groups is 1. The summed E-state index contributed by atoms with van der Waals surface area (Å²) in [5.41, 5.74) is 8.66. The predicted molar refractivity (Wildman–Crippen MR) is 108 cm³/mol. The minimum Gasteiger partial charge on any atom is -0.383 e. The third-order valence-electron chi connectivity index (χ3n) is 4.38. The molecule has 0 saturated carbocycles. The third kappa shape index (κ3) is 4.75. The number of aromatic nitrogens is 1. The Balaban J connectivity index is 1.72. The summed E-state index contributed by atoms with van der Waals surface area (Å²) in [7, 11) is 1.60. The number of nitrogens with one attached hydrogen (secondary N) is 1. The third-order valence-corrected chi connectivity index (χ3v) is 4.38. The Morgan fingerprint density at radius 2 is 2.04 bits per heavy atom. The van der Waals surface area contributed by atoms with E-state index in [0.717, 1.165) is 11.1 Å². The van der Waals surface area contributed by atoms with Gasteiger partial charge in [-0.15, -0.1) is 0 Å². The van der Waals surface area contributed by atoms with Crippen LogP contribution in [-0.4, -0.2) is 31.4 Å². The summed E-state index contributed by atoms with van der Waals surface area (Å²) in [6, 6.07) is 16.4. The first-order valence-electron chi connectivity index (χ1n) is 8.96. The molecule has 1 atom stereocenters. The van der Waals surface area contributed by atoms with Crippen LogP contribution in [0.5, 0.6) is 0 Å². The minimum atomic E-state index is -0.271. The Labute approximate surface area is 163 Å². The van der Waals surface area contributed by atoms with Crippen molar-refractivity contribution in [2.45, 2.75) is 12.8 Å². The van der Waals surface area contributed by atoms with Gasteiger partial charge in [0.1, 0.15) is 5.82 Å². The first kappa shape index (κ1) is 19.6. The normalized spacial score (nSPS) is 12.8. The van der Waals surface area contributed by atoms with Crippen LogP contribution in [-0.2, 0) is 4.74 Å². The maximum Gasteiger partial charge on any atom is 0.231 e. The standard InChI is InChI=1S/C21H23FN4O2/c1-14(19-13-20(28-26-19)25-21(23)24-10-11-27-2)16-8-9-17(18(22)12-16)15-6-4-3-5-7-15/h3-9,12-14H,10-11H2,1-2H3,(H3,23,24,25). The molecule has 28 heavy (non-hydrogen) atoms. The van der Waals surface area contributed by atoms with Crippen LogP contribution in [0.3, 0.4) is 0 Å². The van der Waals surface area contributed by atoms with Gasteiger partial charge in [-0.3, -0.25) is 10.3 Å². The fourth-order valence-corrected chi connectivity index (χ4v) is 2.80. The molecule has 0 aliphatic rings. The van der Waals surface area contributed by atoms with Gasteiger partial charge in [-0.2, -0.15) is 0 Å². The van der Waals surface area contributed by atoms with E-state index in [2.05, 4.69) is 15.5 Å². The van der Waals surface area contributed by atoms with Gasteiger partial charge in [0.25, 0.3) is 0 Å². The van der Waals surface area contributed by atoms with Crippen molar-refractivity contribution in [1.82, 2.24) is 5.16 Å². The van der Waals surface area contributed by atoms with Gasteiger partial charge in [0.05, 0.1) is 18.8 Å². The molecule has 7 heteroatoms. The van der Waals surface area contributed by atoms with Crippen LogP contribution in [0.2, 0.25) is 0 Å². The van der Waals surface area contributed by atoms with Gasteiger partial charge in [0.2, 0.25) is 5.88 Å². The van der Waals surface area contributed by atoms with Gasteiger partial charge in [0.15, 0.2) is 5.96 Å². The largest absolute Gasteiger partial charge is 0.383 e. The molecule has 3 N–H and O–H groups in total. The van der Waals surface area contributed by atoms with E-state index in [1.54, 1.807) is 19.2 Å². The number of nitrogens with zero attached hydrogens (tertiary/aromatic N) is 2. The Morgan fingerprint density at radius 3 is 2.75 bits per heavy atom. The molecule has 0 aliphatic carbocycles. The summed E-state index contributed by atoms with van der Waals surface area (Å²) in [5.74, 6) is 0.171. The number of aliphatic imine (C=N–C) groups is 1. The SMILES string of the molecule is COCCN=C(N)Nc1cc(C(C)c2ccc(-c3ccccc3)c(F)c2)no1. The summed E-state index contributed by atoms with van der Waals surface area (Å²) >= 11 is 0. The van der Waals surface area contributed by atoms with Crippen molar-refractivity contribution in [1.29, 1.82) is 0 Å². The van der Waals surface area contributed by atoms with Crippen LogP contribution in [0.4, 0.5) is 10.3 Å². The number of nitrogens with two attached hydrogens (primary N) is 1. The molecular formula is C21H23FN4O2. The van der Waals surface area contributed by atoms with Crippen LogP contribution in [0, 0.1) is 5.82 Å². The van der Waals surface area contributed by atoms with Crippen molar-refractivity contribution >= 4 is 11.8 Å². The topological polar surface area (TPSA) is 85.7 Å². The molecule has 0 radical (unpaired) electrons. The summed E-state index contributed by atoms with van der Waals surface area (Å²) in [5, 5.41) is 6.90. The fraction of sp³-hybridized carbons (Fsp3) is 0.238. The minimum absolute atomic E-state index is 0.148. The average molecular weight is 382 g/mol. The highest BCUT2D eigenvalue weighted by atomic mass is 19.1. The summed E-state index contributed by atoms with van der Waals surface area (Å²) < 4.78 is 24.8. The second kappa shape index (κ2) is 9.14. The van der Waals surface area contributed by atoms with Gasteiger partial charge < -0.3 is 15.0 Å². The van der Waals surface area contributed by atoms with Crippen LogP contribution >= 0.6 is 0 Å². The zero-order valence-electron chi connectivity index (χ0n) is 15.9. The molecule has 0 spiro atoms. The molecule has 0 fully saturated rings. The molecule has 146 valence electrons. The molecule has 2 aromatic carbocycles. The number of halogens is 1. The summed E-state index contributed by atoms with van der Waals surface area (Å²) in [6.07, 6.45) is 0. The molecule has 3 rings (SSSR count). The van der Waals surface area contributed by atoms with Crippen molar-refractivity contribution in [3.8, 4) is 11.1 Å². The molecule has 1 unspecified atom stereocenters. The Morgan fingerprint density at radius 1 is 1.25 bits per heavy atom. The lowest BCUT2D eigenvalue weighted by molar-refractivity contribution is 0.208. The lowest BCUT2D eigenvalue weighted by atomic mass is 9.95. The zero-order valence-corrected chi connectivity index (χ0v) is 15.9. The van der Waals surface area contributed by atoms with Crippen molar-refractivity contribution in [3.05, 3.63) is 71.7 Å². The number of hydrogen-bond donors (Lipinski definition) is 2. The molecule has 0 amide bonds. The second-order valence-corrected chi connectivity index (χ2v) is 6.33. The molecule has 6 nitrogen and oxygen atoms in total. The maximum absolute atomic E-state index is 14.6. The van der Waals surface area contributed by atoms with Gasteiger partial charge in [-0.05, 0) is 17.2 Å². The molecule has 1 aromatic heterocycles. The van der Waals surface area contributed by atoms with E-state index < -0.39 is 0 Å². The molecule has 0 aliphatic heterocycles. The number of rotatable bonds is 7. The highest BCUT2D eigenvalue weighted by molar-refractivity contribution is 5.90. The van der Waals surface area contributed by atoms with E-state index in [-0.39, 0.29) is 17.7 Å². The van der Waals surface area contributed by atoms with Crippen LogP contribution in [0.15, 0.2) is 64.1 Å². The number of methoxy groups -OCH3 is 1. The van der Waals surface area contributed by atoms with E-state index in [9.17, 15) is 4.39 Å². The van der Waals surface area contributed by atoms with Crippen LogP contribution < -0.4 is 11.1 Å². The van der Waals surface area contributed by atoms with Crippen molar-refractivity contribution in [2.75, 3.05) is 25.6 Å². The predicted octanol–water partition coefficient (Wildman–Crippen LogP) is 4.01. The monoisotopic (exact) mass is 382 g/mol. The first-order valence-corrected chi connectivity index (χ1v) is 8.96.